The molecule has 0 bridgehead atoms. The predicted octanol–water partition coefficient (Wildman–Crippen LogP) is 3.19. The van der Waals surface area contributed by atoms with Crippen molar-refractivity contribution >= 4 is 11.9 Å². The lowest BCUT2D eigenvalue weighted by atomic mass is 9.75. The highest BCUT2D eigenvalue weighted by molar-refractivity contribution is 5.74. The van der Waals surface area contributed by atoms with Crippen LogP contribution in [0.25, 0.3) is 0 Å². The first-order valence-corrected chi connectivity index (χ1v) is 9.41. The van der Waals surface area contributed by atoms with Gasteiger partial charge in [-0.05, 0) is 31.2 Å². The van der Waals surface area contributed by atoms with Gasteiger partial charge >= 0.3 is 11.9 Å². The van der Waals surface area contributed by atoms with Crippen LogP contribution in [0.1, 0.15) is 48.1 Å². The standard InChI is InChI=1S/C21H23NO5/c1-25-20(23)16-9-15(10-16)19-22-17-8-7-14(11-18(17)27-19)21(24)26-12-13-5-3-2-4-6-13/h2-6,14-16H,7-12H2,1H3. The lowest BCUT2D eigenvalue weighted by Crippen LogP contribution is -2.30. The van der Waals surface area contributed by atoms with Gasteiger partial charge in [0.2, 0.25) is 0 Å². The molecule has 0 saturated heterocycles. The quantitative estimate of drug-likeness (QED) is 0.753. The zero-order chi connectivity index (χ0) is 18.8. The highest BCUT2D eigenvalue weighted by Crippen LogP contribution is 2.43. The normalized spacial score (nSPS) is 23.8. The maximum atomic E-state index is 12.4. The van der Waals surface area contributed by atoms with Crippen molar-refractivity contribution in [1.29, 1.82) is 0 Å². The van der Waals surface area contributed by atoms with Gasteiger partial charge in [-0.2, -0.15) is 0 Å². The number of fused-ring (bicyclic) bond motifs is 1. The second-order valence-electron chi connectivity index (χ2n) is 7.34. The summed E-state index contributed by atoms with van der Waals surface area (Å²) in [4.78, 5) is 28.5. The average Bonchev–Trinajstić information content (AvgIpc) is 3.08. The molecule has 0 radical (unpaired) electrons. The zero-order valence-corrected chi connectivity index (χ0v) is 15.3. The van der Waals surface area contributed by atoms with Crippen LogP contribution in [0.15, 0.2) is 34.7 Å². The third kappa shape index (κ3) is 3.75. The van der Waals surface area contributed by atoms with Gasteiger partial charge in [-0.3, -0.25) is 9.59 Å². The molecule has 1 unspecified atom stereocenters. The van der Waals surface area contributed by atoms with E-state index in [1.807, 2.05) is 30.3 Å². The molecule has 4 rings (SSSR count). The molecule has 6 heteroatoms. The Morgan fingerprint density at radius 1 is 1.15 bits per heavy atom. The molecular weight excluding hydrogens is 346 g/mol. The summed E-state index contributed by atoms with van der Waals surface area (Å²) in [5, 5.41) is 0. The largest absolute Gasteiger partial charge is 0.469 e. The molecule has 1 aromatic carbocycles. The Bertz CT molecular complexity index is 822. The summed E-state index contributed by atoms with van der Waals surface area (Å²) >= 11 is 0. The molecule has 1 heterocycles. The van der Waals surface area contributed by atoms with E-state index in [1.54, 1.807) is 0 Å². The molecule has 6 nitrogen and oxygen atoms in total. The molecule has 2 aliphatic carbocycles. The molecular formula is C21H23NO5. The molecule has 0 N–H and O–H groups in total. The molecule has 142 valence electrons. The molecule has 0 aliphatic heterocycles. The minimum absolute atomic E-state index is 0.0513. The Labute approximate surface area is 157 Å². The van der Waals surface area contributed by atoms with E-state index in [-0.39, 0.29) is 29.7 Å². The summed E-state index contributed by atoms with van der Waals surface area (Å²) in [6, 6.07) is 9.67. The van der Waals surface area contributed by atoms with E-state index >= 15 is 0 Å². The lowest BCUT2D eigenvalue weighted by molar-refractivity contribution is -0.151. The number of aryl methyl sites for hydroxylation is 1. The van der Waals surface area contributed by atoms with Crippen molar-refractivity contribution in [3.63, 3.8) is 0 Å². The second kappa shape index (κ2) is 7.55. The number of hydrogen-bond donors (Lipinski definition) is 0. The first-order valence-electron chi connectivity index (χ1n) is 9.41. The van der Waals surface area contributed by atoms with Gasteiger partial charge in [0, 0.05) is 12.3 Å². The van der Waals surface area contributed by atoms with Crippen molar-refractivity contribution < 1.29 is 23.5 Å². The topological polar surface area (TPSA) is 78.6 Å². The average molecular weight is 369 g/mol. The Balaban J connectivity index is 1.33. The van der Waals surface area contributed by atoms with E-state index in [0.29, 0.717) is 31.8 Å². The number of oxazole rings is 1. The van der Waals surface area contributed by atoms with Crippen LogP contribution in [0.5, 0.6) is 0 Å². The second-order valence-corrected chi connectivity index (χ2v) is 7.34. The molecule has 1 atom stereocenters. The highest BCUT2D eigenvalue weighted by atomic mass is 16.5. The van der Waals surface area contributed by atoms with Crippen molar-refractivity contribution in [3.05, 3.63) is 53.2 Å². The number of nitrogens with zero attached hydrogens (tertiary/aromatic N) is 1. The number of benzene rings is 1. The maximum absolute atomic E-state index is 12.4. The Morgan fingerprint density at radius 3 is 2.67 bits per heavy atom. The Kier molecular flexibility index (Phi) is 4.97. The van der Waals surface area contributed by atoms with Gasteiger partial charge in [0.25, 0.3) is 0 Å². The van der Waals surface area contributed by atoms with Gasteiger partial charge in [-0.15, -0.1) is 0 Å². The van der Waals surface area contributed by atoms with Gasteiger partial charge in [0.05, 0.1) is 24.6 Å². The smallest absolute Gasteiger partial charge is 0.309 e. The monoisotopic (exact) mass is 369 g/mol. The predicted molar refractivity (Wildman–Crippen MR) is 95.7 cm³/mol. The zero-order valence-electron chi connectivity index (χ0n) is 15.3. The number of carbonyl (C=O) groups excluding carboxylic acids is 2. The molecule has 2 aromatic rings. The minimum atomic E-state index is -0.189. The van der Waals surface area contributed by atoms with E-state index in [9.17, 15) is 9.59 Å². The van der Waals surface area contributed by atoms with Gasteiger partial charge in [-0.25, -0.2) is 4.98 Å². The maximum Gasteiger partial charge on any atom is 0.309 e. The summed E-state index contributed by atoms with van der Waals surface area (Å²) in [5.74, 6) is 1.07. The number of hydrogen-bond acceptors (Lipinski definition) is 6. The van der Waals surface area contributed by atoms with Crippen LogP contribution in [0.2, 0.25) is 0 Å². The number of rotatable bonds is 5. The van der Waals surface area contributed by atoms with E-state index in [4.69, 9.17) is 13.9 Å². The van der Waals surface area contributed by atoms with Crippen LogP contribution >= 0.6 is 0 Å². The van der Waals surface area contributed by atoms with E-state index in [1.165, 1.54) is 7.11 Å². The van der Waals surface area contributed by atoms with Gasteiger partial charge < -0.3 is 13.9 Å². The fourth-order valence-corrected chi connectivity index (χ4v) is 3.80. The summed E-state index contributed by atoms with van der Waals surface area (Å²) < 4.78 is 16.2. The number of esters is 2. The van der Waals surface area contributed by atoms with Crippen molar-refractivity contribution in [2.24, 2.45) is 11.8 Å². The van der Waals surface area contributed by atoms with Gasteiger partial charge in [0.1, 0.15) is 12.4 Å². The van der Waals surface area contributed by atoms with Crippen LogP contribution < -0.4 is 0 Å². The first kappa shape index (κ1) is 17.8. The lowest BCUT2D eigenvalue weighted by Gasteiger charge is -2.30. The van der Waals surface area contributed by atoms with Crippen molar-refractivity contribution in [3.8, 4) is 0 Å². The molecule has 0 spiro atoms. The molecule has 0 amide bonds. The molecule has 1 saturated carbocycles. The summed E-state index contributed by atoms with van der Waals surface area (Å²) in [6.07, 6.45) is 3.41. The van der Waals surface area contributed by atoms with E-state index < -0.39 is 0 Å². The number of aromatic nitrogens is 1. The van der Waals surface area contributed by atoms with Crippen molar-refractivity contribution in [2.45, 2.75) is 44.6 Å². The van der Waals surface area contributed by atoms with Crippen molar-refractivity contribution in [1.82, 2.24) is 4.98 Å². The van der Waals surface area contributed by atoms with Crippen molar-refractivity contribution in [2.75, 3.05) is 7.11 Å². The third-order valence-electron chi connectivity index (χ3n) is 5.54. The summed E-state index contributed by atoms with van der Waals surface area (Å²) in [5.41, 5.74) is 1.92. The van der Waals surface area contributed by atoms with Crippen LogP contribution in [0.4, 0.5) is 0 Å². The molecule has 2 aliphatic rings. The number of methoxy groups -OCH3 is 1. The SMILES string of the molecule is COC(=O)C1CC(c2nc3c(o2)CC(C(=O)OCc2ccccc2)CC3)C1. The fraction of sp³-hybridized carbons (Fsp3) is 0.476. The molecule has 1 aromatic heterocycles. The van der Waals surface area contributed by atoms with E-state index in [0.717, 1.165) is 29.9 Å². The van der Waals surface area contributed by atoms with E-state index in [2.05, 4.69) is 4.98 Å². The van der Waals surface area contributed by atoms with Gasteiger partial charge in [0.15, 0.2) is 5.89 Å². The third-order valence-corrected chi connectivity index (χ3v) is 5.54. The first-order chi connectivity index (χ1) is 13.1. The fourth-order valence-electron chi connectivity index (χ4n) is 3.80. The van der Waals surface area contributed by atoms with Crippen LogP contribution in [0.3, 0.4) is 0 Å². The van der Waals surface area contributed by atoms with Crippen LogP contribution in [-0.4, -0.2) is 24.0 Å². The molecule has 27 heavy (non-hydrogen) atoms. The summed E-state index contributed by atoms with van der Waals surface area (Å²) in [7, 11) is 1.41. The Morgan fingerprint density at radius 2 is 1.93 bits per heavy atom. The van der Waals surface area contributed by atoms with Crippen LogP contribution in [-0.2, 0) is 38.5 Å². The number of ether oxygens (including phenoxy) is 2. The summed E-state index contributed by atoms with van der Waals surface area (Å²) in [6.45, 7) is 0.293. The minimum Gasteiger partial charge on any atom is -0.469 e. The number of carbonyl (C=O) groups is 2. The molecule has 1 fully saturated rings. The van der Waals surface area contributed by atoms with Gasteiger partial charge in [-0.1, -0.05) is 30.3 Å². The van der Waals surface area contributed by atoms with Crippen LogP contribution in [0, 0.1) is 11.8 Å². The Hall–Kier alpha value is -2.63. The highest BCUT2D eigenvalue weighted by Gasteiger charge is 2.40.